The number of rotatable bonds is 7. The molecule has 1 fully saturated rings. The number of pyridine rings is 1. The number of ether oxygens (including phenoxy) is 2. The zero-order valence-corrected chi connectivity index (χ0v) is 22.4. The van der Waals surface area contributed by atoms with E-state index in [1.54, 1.807) is 24.7 Å². The minimum Gasteiger partial charge on any atom is -0.544 e. The molecule has 0 spiro atoms. The second kappa shape index (κ2) is 11.7. The molecule has 0 saturated carbocycles. The average molecular weight is 510 g/mol. The van der Waals surface area contributed by atoms with E-state index in [4.69, 9.17) is 13.9 Å². The number of benzene rings is 1. The minimum absolute atomic E-state index is 0. The van der Waals surface area contributed by atoms with E-state index in [0.717, 1.165) is 41.2 Å². The Balaban J connectivity index is 0.00000304. The van der Waals surface area contributed by atoms with Crippen molar-refractivity contribution < 1.29 is 53.3 Å². The van der Waals surface area contributed by atoms with Crippen molar-refractivity contribution in [3.63, 3.8) is 0 Å². The summed E-state index contributed by atoms with van der Waals surface area (Å²) < 4.78 is 16.6. The molecule has 3 aromatic heterocycles. The topological polar surface area (TPSA) is 112 Å². The van der Waals surface area contributed by atoms with Gasteiger partial charge in [0.1, 0.15) is 18.2 Å². The average Bonchev–Trinajstić information content (AvgIpc) is 3.60. The van der Waals surface area contributed by atoms with E-state index in [0.29, 0.717) is 29.3 Å². The smallest absolute Gasteiger partial charge is 0.544 e. The van der Waals surface area contributed by atoms with Gasteiger partial charge in [-0.1, -0.05) is 12.1 Å². The van der Waals surface area contributed by atoms with Gasteiger partial charge in [-0.2, -0.15) is 5.26 Å². The molecule has 5 rings (SSSR count). The first-order chi connectivity index (χ1) is 17.1. The van der Waals surface area contributed by atoms with Gasteiger partial charge in [-0.3, -0.25) is 0 Å². The maximum atomic E-state index is 11.1. The molecule has 0 aliphatic carbocycles. The van der Waals surface area contributed by atoms with Crippen LogP contribution in [-0.2, 0) is 11.3 Å². The number of carbonyl (C=O) groups is 1. The molecule has 0 radical (unpaired) electrons. The SMILES string of the molecule is N#Cc1c(-c2ccoc2)cc(-c2ccc(N3CCOCC3)cc2)nc1OCc1ccc(C(=O)[O-])s1.[Na+]. The summed E-state index contributed by atoms with van der Waals surface area (Å²) in [6.07, 6.45) is 3.11. The Morgan fingerprint density at radius 2 is 1.92 bits per heavy atom. The third-order valence-corrected chi connectivity index (χ3v) is 6.72. The van der Waals surface area contributed by atoms with Crippen LogP contribution in [0.4, 0.5) is 5.69 Å². The van der Waals surface area contributed by atoms with Crippen LogP contribution in [-0.4, -0.2) is 37.3 Å². The maximum absolute atomic E-state index is 11.1. The number of aromatic carboxylic acids is 1. The predicted octanol–water partition coefficient (Wildman–Crippen LogP) is 0.725. The monoisotopic (exact) mass is 509 g/mol. The molecule has 0 atom stereocenters. The van der Waals surface area contributed by atoms with Crippen molar-refractivity contribution in [2.75, 3.05) is 31.2 Å². The molecule has 4 heterocycles. The maximum Gasteiger partial charge on any atom is 1.00 e. The van der Waals surface area contributed by atoms with Crippen LogP contribution in [0.5, 0.6) is 5.88 Å². The molecule has 1 saturated heterocycles. The summed E-state index contributed by atoms with van der Waals surface area (Å²) >= 11 is 1.07. The van der Waals surface area contributed by atoms with Crippen molar-refractivity contribution in [3.8, 4) is 34.3 Å². The molecular formula is C26H20N3NaO5S. The fourth-order valence-electron chi connectivity index (χ4n) is 3.90. The summed E-state index contributed by atoms with van der Waals surface area (Å²) in [4.78, 5) is 18.8. The summed E-state index contributed by atoms with van der Waals surface area (Å²) in [7, 11) is 0. The largest absolute Gasteiger partial charge is 1.00 e. The van der Waals surface area contributed by atoms with E-state index in [1.807, 2.05) is 30.3 Å². The number of hydrogen-bond donors (Lipinski definition) is 0. The molecular weight excluding hydrogens is 489 g/mol. The van der Waals surface area contributed by atoms with Crippen molar-refractivity contribution >= 4 is 23.0 Å². The number of carboxylic acids is 1. The Bertz CT molecular complexity index is 1370. The quantitative estimate of drug-likeness (QED) is 0.335. The van der Waals surface area contributed by atoms with Gasteiger partial charge in [0, 0.05) is 40.3 Å². The van der Waals surface area contributed by atoms with Crippen molar-refractivity contribution in [2.45, 2.75) is 6.61 Å². The van der Waals surface area contributed by atoms with Gasteiger partial charge in [0.15, 0.2) is 0 Å². The number of aromatic nitrogens is 1. The Labute approximate surface area is 234 Å². The number of hydrogen-bond acceptors (Lipinski definition) is 9. The zero-order valence-electron chi connectivity index (χ0n) is 19.6. The molecule has 176 valence electrons. The van der Waals surface area contributed by atoms with E-state index in [9.17, 15) is 15.2 Å². The van der Waals surface area contributed by atoms with Crippen LogP contribution in [0.2, 0.25) is 0 Å². The van der Waals surface area contributed by atoms with Crippen molar-refractivity contribution in [3.05, 3.63) is 76.4 Å². The molecule has 0 unspecified atom stereocenters. The van der Waals surface area contributed by atoms with Crippen LogP contribution in [0.15, 0.2) is 65.5 Å². The molecule has 4 aromatic rings. The molecule has 1 aliphatic heterocycles. The van der Waals surface area contributed by atoms with Crippen LogP contribution in [0, 0.1) is 11.3 Å². The van der Waals surface area contributed by atoms with Gasteiger partial charge >= 0.3 is 29.6 Å². The number of carbonyl (C=O) groups excluding carboxylic acids is 1. The summed E-state index contributed by atoms with van der Waals surface area (Å²) in [5.41, 5.74) is 4.27. The fourth-order valence-corrected chi connectivity index (χ4v) is 4.65. The van der Waals surface area contributed by atoms with Crippen molar-refractivity contribution in [1.82, 2.24) is 4.98 Å². The normalized spacial score (nSPS) is 13.0. The first-order valence-electron chi connectivity index (χ1n) is 11.0. The molecule has 36 heavy (non-hydrogen) atoms. The van der Waals surface area contributed by atoms with Crippen LogP contribution in [0.25, 0.3) is 22.4 Å². The number of nitriles is 1. The first kappa shape index (κ1) is 25.9. The number of thiophene rings is 1. The molecule has 1 aromatic carbocycles. The van der Waals surface area contributed by atoms with Crippen LogP contribution < -0.4 is 44.3 Å². The summed E-state index contributed by atoms with van der Waals surface area (Å²) in [5, 5.41) is 21.0. The molecule has 0 amide bonds. The third-order valence-electron chi connectivity index (χ3n) is 5.68. The van der Waals surface area contributed by atoms with E-state index in [1.165, 1.54) is 6.07 Å². The second-order valence-corrected chi connectivity index (χ2v) is 9.02. The van der Waals surface area contributed by atoms with Gasteiger partial charge in [-0.25, -0.2) is 4.98 Å². The molecule has 8 nitrogen and oxygen atoms in total. The van der Waals surface area contributed by atoms with Gasteiger partial charge in [-0.15, -0.1) is 11.3 Å². The Kier molecular flexibility index (Phi) is 8.46. The van der Waals surface area contributed by atoms with Gasteiger partial charge < -0.3 is 28.7 Å². The predicted molar refractivity (Wildman–Crippen MR) is 128 cm³/mol. The van der Waals surface area contributed by atoms with E-state index >= 15 is 0 Å². The Morgan fingerprint density at radius 3 is 2.56 bits per heavy atom. The number of furan rings is 1. The van der Waals surface area contributed by atoms with Crippen LogP contribution in [0.3, 0.4) is 0 Å². The fraction of sp³-hybridized carbons (Fsp3) is 0.192. The number of carboxylic acid groups (broad SMARTS) is 1. The third kappa shape index (κ3) is 5.64. The summed E-state index contributed by atoms with van der Waals surface area (Å²) in [6.45, 7) is 3.19. The Morgan fingerprint density at radius 1 is 1.14 bits per heavy atom. The van der Waals surface area contributed by atoms with E-state index < -0.39 is 5.97 Å². The second-order valence-electron chi connectivity index (χ2n) is 7.85. The van der Waals surface area contributed by atoms with Gasteiger partial charge in [0.05, 0.1) is 42.3 Å². The first-order valence-corrected chi connectivity index (χ1v) is 11.8. The van der Waals surface area contributed by atoms with Crippen LogP contribution >= 0.6 is 11.3 Å². The zero-order chi connectivity index (χ0) is 24.2. The minimum atomic E-state index is -1.23. The molecule has 1 aliphatic rings. The van der Waals surface area contributed by atoms with E-state index in [-0.39, 0.29) is 52.5 Å². The standard InChI is InChI=1S/C26H21N3O5S.Na/c27-14-22-21(18-7-10-33-15-18)13-23(17-1-3-19(4-2-17)29-8-11-32-12-9-29)28-25(22)34-16-20-5-6-24(35-20)26(30)31;/h1-7,10,13,15H,8-9,11-12,16H2,(H,30,31);/q;+1/p-1. The number of morpholine rings is 1. The van der Waals surface area contributed by atoms with Gasteiger partial charge in [0.25, 0.3) is 0 Å². The molecule has 0 N–H and O–H groups in total. The van der Waals surface area contributed by atoms with Crippen molar-refractivity contribution in [1.29, 1.82) is 5.26 Å². The number of anilines is 1. The summed E-state index contributed by atoms with van der Waals surface area (Å²) in [5.74, 6) is -1.07. The van der Waals surface area contributed by atoms with Gasteiger partial charge in [-0.05, 0) is 36.4 Å². The molecule has 10 heteroatoms. The summed E-state index contributed by atoms with van der Waals surface area (Å²) in [6, 6.07) is 17.0. The number of nitrogens with zero attached hydrogens (tertiary/aromatic N) is 3. The van der Waals surface area contributed by atoms with Gasteiger partial charge in [0.2, 0.25) is 5.88 Å². The Hall–Kier alpha value is -3.13. The van der Waals surface area contributed by atoms with Crippen molar-refractivity contribution in [2.24, 2.45) is 0 Å². The van der Waals surface area contributed by atoms with E-state index in [2.05, 4.69) is 16.0 Å². The molecule has 0 bridgehead atoms. The van der Waals surface area contributed by atoms with Crippen LogP contribution in [0.1, 0.15) is 20.1 Å².